The lowest BCUT2D eigenvalue weighted by atomic mass is 10.2. The van der Waals surface area contributed by atoms with Crippen molar-refractivity contribution in [1.29, 1.82) is 0 Å². The van der Waals surface area contributed by atoms with Crippen LogP contribution in [0.3, 0.4) is 0 Å². The summed E-state index contributed by atoms with van der Waals surface area (Å²) in [6.45, 7) is 0. The number of carbonyl (C=O) groups is 1. The Bertz CT molecular complexity index is 570. The number of aryl methyl sites for hydroxylation is 1. The number of carboxylic acid groups (broad SMARTS) is 1. The molecule has 0 amide bonds. The fraction of sp³-hybridized carbons (Fsp3) is 0.0769. The zero-order valence-electron chi connectivity index (χ0n) is 9.37. The van der Waals surface area contributed by atoms with Crippen LogP contribution in [0, 0.1) is 0 Å². The quantitative estimate of drug-likeness (QED) is 0.820. The van der Waals surface area contributed by atoms with Crippen LogP contribution in [0.25, 0.3) is 0 Å². The lowest BCUT2D eigenvalue weighted by Crippen LogP contribution is -1.94. The van der Waals surface area contributed by atoms with Crippen molar-refractivity contribution in [2.24, 2.45) is 12.0 Å². The summed E-state index contributed by atoms with van der Waals surface area (Å²) >= 11 is 0. The standard InChI is InChI=1S/C13H12N2O2/c1-15-6-5-10(9-15)8-14-12-4-2-3-11(7-12)13(16)17/h2-9H,1H3,(H,16,17). The van der Waals surface area contributed by atoms with Gasteiger partial charge in [-0.15, -0.1) is 0 Å². The Balaban J connectivity index is 2.21. The summed E-state index contributed by atoms with van der Waals surface area (Å²) in [5.41, 5.74) is 1.86. The minimum atomic E-state index is -0.943. The lowest BCUT2D eigenvalue weighted by Gasteiger charge is -1.95. The van der Waals surface area contributed by atoms with Crippen LogP contribution in [0.1, 0.15) is 15.9 Å². The number of rotatable bonds is 3. The van der Waals surface area contributed by atoms with Crippen molar-refractivity contribution in [1.82, 2.24) is 4.57 Å². The summed E-state index contributed by atoms with van der Waals surface area (Å²) in [4.78, 5) is 15.0. The first-order chi connectivity index (χ1) is 8.15. The summed E-state index contributed by atoms with van der Waals surface area (Å²) in [6, 6.07) is 8.48. The third-order valence-corrected chi connectivity index (χ3v) is 2.31. The van der Waals surface area contributed by atoms with E-state index in [0.29, 0.717) is 5.69 Å². The van der Waals surface area contributed by atoms with E-state index in [2.05, 4.69) is 4.99 Å². The molecule has 0 fully saturated rings. The van der Waals surface area contributed by atoms with Crippen LogP contribution in [-0.2, 0) is 7.05 Å². The second-order valence-corrected chi connectivity index (χ2v) is 3.72. The molecule has 0 bridgehead atoms. The van der Waals surface area contributed by atoms with Crippen LogP contribution in [0.2, 0.25) is 0 Å². The molecule has 0 aliphatic carbocycles. The van der Waals surface area contributed by atoms with Gasteiger partial charge in [0.25, 0.3) is 0 Å². The maximum atomic E-state index is 10.8. The fourth-order valence-electron chi connectivity index (χ4n) is 1.47. The molecule has 1 aromatic heterocycles. The summed E-state index contributed by atoms with van der Waals surface area (Å²) < 4.78 is 1.93. The second kappa shape index (κ2) is 4.65. The number of nitrogens with zero attached hydrogens (tertiary/aromatic N) is 2. The first-order valence-corrected chi connectivity index (χ1v) is 5.14. The molecule has 17 heavy (non-hydrogen) atoms. The topological polar surface area (TPSA) is 54.6 Å². The molecule has 0 spiro atoms. The van der Waals surface area contributed by atoms with Crippen LogP contribution in [-0.4, -0.2) is 21.9 Å². The van der Waals surface area contributed by atoms with Gasteiger partial charge < -0.3 is 9.67 Å². The molecule has 2 rings (SSSR count). The van der Waals surface area contributed by atoms with E-state index in [9.17, 15) is 4.79 Å². The van der Waals surface area contributed by atoms with E-state index >= 15 is 0 Å². The molecule has 0 saturated heterocycles. The molecule has 4 nitrogen and oxygen atoms in total. The van der Waals surface area contributed by atoms with Crippen molar-refractivity contribution in [3.8, 4) is 0 Å². The molecule has 0 aliphatic rings. The van der Waals surface area contributed by atoms with Gasteiger partial charge in [-0.05, 0) is 24.3 Å². The van der Waals surface area contributed by atoms with Crippen molar-refractivity contribution < 1.29 is 9.90 Å². The van der Waals surface area contributed by atoms with Gasteiger partial charge in [-0.25, -0.2) is 4.79 Å². The summed E-state index contributed by atoms with van der Waals surface area (Å²) in [7, 11) is 1.93. The van der Waals surface area contributed by atoms with Gasteiger partial charge in [-0.2, -0.15) is 0 Å². The van der Waals surface area contributed by atoms with E-state index in [-0.39, 0.29) is 5.56 Å². The Morgan fingerprint density at radius 2 is 2.24 bits per heavy atom. The number of benzene rings is 1. The Hall–Kier alpha value is -2.36. The van der Waals surface area contributed by atoms with E-state index < -0.39 is 5.97 Å². The molecule has 0 saturated carbocycles. The molecule has 2 aromatic rings. The van der Waals surface area contributed by atoms with Crippen molar-refractivity contribution >= 4 is 17.9 Å². The molecular formula is C13H12N2O2. The Morgan fingerprint density at radius 3 is 2.88 bits per heavy atom. The normalized spacial score (nSPS) is 10.9. The van der Waals surface area contributed by atoms with Crippen LogP contribution >= 0.6 is 0 Å². The molecule has 1 aromatic carbocycles. The van der Waals surface area contributed by atoms with Crippen LogP contribution < -0.4 is 0 Å². The number of aromatic carboxylic acids is 1. The Kier molecular flexibility index (Phi) is 3.05. The van der Waals surface area contributed by atoms with Gasteiger partial charge in [0.2, 0.25) is 0 Å². The molecule has 0 atom stereocenters. The van der Waals surface area contributed by atoms with Crippen molar-refractivity contribution in [3.63, 3.8) is 0 Å². The largest absolute Gasteiger partial charge is 0.478 e. The average molecular weight is 228 g/mol. The number of aromatic nitrogens is 1. The highest BCUT2D eigenvalue weighted by molar-refractivity contribution is 5.89. The van der Waals surface area contributed by atoms with E-state index in [1.165, 1.54) is 0 Å². The highest BCUT2D eigenvalue weighted by atomic mass is 16.4. The van der Waals surface area contributed by atoms with E-state index in [1.807, 2.05) is 30.1 Å². The second-order valence-electron chi connectivity index (χ2n) is 3.72. The van der Waals surface area contributed by atoms with Gasteiger partial charge in [0.05, 0.1) is 11.3 Å². The first-order valence-electron chi connectivity index (χ1n) is 5.14. The average Bonchev–Trinajstić information content (AvgIpc) is 2.73. The van der Waals surface area contributed by atoms with Gasteiger partial charge in [0.15, 0.2) is 0 Å². The summed E-state index contributed by atoms with van der Waals surface area (Å²) in [5, 5.41) is 8.84. The summed E-state index contributed by atoms with van der Waals surface area (Å²) in [5.74, 6) is -0.943. The van der Waals surface area contributed by atoms with E-state index in [0.717, 1.165) is 5.56 Å². The van der Waals surface area contributed by atoms with E-state index in [1.54, 1.807) is 30.5 Å². The number of hydrogen-bond acceptors (Lipinski definition) is 2. The minimum absolute atomic E-state index is 0.243. The molecule has 0 aliphatic heterocycles. The molecule has 0 unspecified atom stereocenters. The van der Waals surface area contributed by atoms with Gasteiger partial charge in [-0.3, -0.25) is 4.99 Å². The number of carboxylic acids is 1. The molecule has 4 heteroatoms. The maximum Gasteiger partial charge on any atom is 0.335 e. The predicted molar refractivity (Wildman–Crippen MR) is 66.1 cm³/mol. The molecule has 1 N–H and O–H groups in total. The van der Waals surface area contributed by atoms with Crippen molar-refractivity contribution in [2.45, 2.75) is 0 Å². The van der Waals surface area contributed by atoms with Crippen LogP contribution in [0.15, 0.2) is 47.7 Å². The van der Waals surface area contributed by atoms with Crippen molar-refractivity contribution in [2.75, 3.05) is 0 Å². The molecule has 86 valence electrons. The van der Waals surface area contributed by atoms with E-state index in [4.69, 9.17) is 5.11 Å². The van der Waals surface area contributed by atoms with Gasteiger partial charge in [0, 0.05) is 31.2 Å². The fourth-order valence-corrected chi connectivity index (χ4v) is 1.47. The molecular weight excluding hydrogens is 216 g/mol. The van der Waals surface area contributed by atoms with Crippen molar-refractivity contribution in [3.05, 3.63) is 53.9 Å². The number of aliphatic imine (C=N–C) groups is 1. The SMILES string of the molecule is Cn1ccc(C=Nc2cccc(C(=O)O)c2)c1. The Labute approximate surface area is 98.9 Å². The Morgan fingerprint density at radius 1 is 1.41 bits per heavy atom. The molecule has 1 heterocycles. The third-order valence-electron chi connectivity index (χ3n) is 2.31. The van der Waals surface area contributed by atoms with Crippen LogP contribution in [0.4, 0.5) is 5.69 Å². The highest BCUT2D eigenvalue weighted by Crippen LogP contribution is 2.14. The lowest BCUT2D eigenvalue weighted by molar-refractivity contribution is 0.0697. The highest BCUT2D eigenvalue weighted by Gasteiger charge is 2.01. The molecule has 0 radical (unpaired) electrons. The third kappa shape index (κ3) is 2.81. The minimum Gasteiger partial charge on any atom is -0.478 e. The number of hydrogen-bond donors (Lipinski definition) is 1. The predicted octanol–water partition coefficient (Wildman–Crippen LogP) is 2.47. The smallest absolute Gasteiger partial charge is 0.335 e. The van der Waals surface area contributed by atoms with Gasteiger partial charge in [-0.1, -0.05) is 6.07 Å². The van der Waals surface area contributed by atoms with Gasteiger partial charge >= 0.3 is 5.97 Å². The monoisotopic (exact) mass is 228 g/mol. The van der Waals surface area contributed by atoms with Gasteiger partial charge in [0.1, 0.15) is 0 Å². The first kappa shape index (κ1) is 11.1. The maximum absolute atomic E-state index is 10.8. The zero-order valence-corrected chi connectivity index (χ0v) is 9.37. The van der Waals surface area contributed by atoms with Crippen LogP contribution in [0.5, 0.6) is 0 Å². The zero-order chi connectivity index (χ0) is 12.3. The summed E-state index contributed by atoms with van der Waals surface area (Å²) in [6.07, 6.45) is 5.57.